The quantitative estimate of drug-likeness (QED) is 0.191. The number of hydrogen-bond donors (Lipinski definition) is 0. The summed E-state index contributed by atoms with van der Waals surface area (Å²) >= 11 is 0. The fourth-order valence-corrected chi connectivity index (χ4v) is 11.8. The SMILES string of the molecule is CC[O-].c1ccc2c([P+](c3cccc4ccccc34)(c3cccc4ccccc34)c3cccc4ccccc34)cccc2c1. The first-order valence-corrected chi connectivity index (χ1v) is 17.0. The van der Waals surface area contributed by atoms with Gasteiger partial charge in [0, 0.05) is 21.5 Å². The molecule has 0 amide bonds. The van der Waals surface area contributed by atoms with Crippen LogP contribution >= 0.6 is 7.26 Å². The molecule has 44 heavy (non-hydrogen) atoms. The van der Waals surface area contributed by atoms with Crippen LogP contribution in [0.4, 0.5) is 0 Å². The number of fused-ring (bicyclic) bond motifs is 4. The summed E-state index contributed by atoms with van der Waals surface area (Å²) in [5.74, 6) is 0. The summed E-state index contributed by atoms with van der Waals surface area (Å²) in [5.41, 5.74) is 0. The van der Waals surface area contributed by atoms with Crippen LogP contribution in [0.15, 0.2) is 170 Å². The third-order valence-corrected chi connectivity index (χ3v) is 13.0. The van der Waals surface area contributed by atoms with Gasteiger partial charge in [0.05, 0.1) is 0 Å². The molecule has 0 saturated heterocycles. The van der Waals surface area contributed by atoms with Crippen LogP contribution in [0.3, 0.4) is 0 Å². The molecule has 1 nitrogen and oxygen atoms in total. The van der Waals surface area contributed by atoms with Gasteiger partial charge in [0.25, 0.3) is 0 Å². The van der Waals surface area contributed by atoms with E-state index >= 15 is 0 Å². The molecule has 0 atom stereocenters. The second-order valence-electron chi connectivity index (χ2n) is 11.0. The molecule has 0 N–H and O–H groups in total. The molecule has 0 aromatic heterocycles. The van der Waals surface area contributed by atoms with Crippen molar-refractivity contribution < 1.29 is 5.11 Å². The van der Waals surface area contributed by atoms with Crippen molar-refractivity contribution in [3.05, 3.63) is 170 Å². The zero-order valence-corrected chi connectivity index (χ0v) is 25.6. The van der Waals surface area contributed by atoms with E-state index in [4.69, 9.17) is 5.11 Å². The maximum absolute atomic E-state index is 8.93. The molecule has 0 aliphatic rings. The van der Waals surface area contributed by atoms with Crippen LogP contribution in [-0.2, 0) is 0 Å². The van der Waals surface area contributed by atoms with Gasteiger partial charge >= 0.3 is 0 Å². The van der Waals surface area contributed by atoms with Crippen molar-refractivity contribution in [1.82, 2.24) is 0 Å². The lowest BCUT2D eigenvalue weighted by atomic mass is 10.1. The molecule has 0 saturated carbocycles. The molecular formula is C42H33OP. The van der Waals surface area contributed by atoms with Gasteiger partial charge in [0.2, 0.25) is 0 Å². The van der Waals surface area contributed by atoms with E-state index in [0.29, 0.717) is 0 Å². The first-order valence-electron chi connectivity index (χ1n) is 15.2. The lowest BCUT2D eigenvalue weighted by Crippen LogP contribution is -2.40. The minimum Gasteiger partial charge on any atom is -0.855 e. The molecular weight excluding hydrogens is 551 g/mol. The first kappa shape index (κ1) is 28.0. The molecule has 0 aliphatic heterocycles. The van der Waals surface area contributed by atoms with Gasteiger partial charge in [0.15, 0.2) is 0 Å². The highest BCUT2D eigenvalue weighted by Crippen LogP contribution is 2.59. The summed E-state index contributed by atoms with van der Waals surface area (Å²) in [7, 11) is -2.49. The van der Waals surface area contributed by atoms with Crippen molar-refractivity contribution in [1.29, 1.82) is 0 Å². The summed E-state index contributed by atoms with van der Waals surface area (Å²) < 4.78 is 0. The van der Waals surface area contributed by atoms with Crippen LogP contribution in [0.1, 0.15) is 6.92 Å². The topological polar surface area (TPSA) is 23.1 Å². The van der Waals surface area contributed by atoms with Crippen molar-refractivity contribution in [3.8, 4) is 0 Å². The number of hydrogen-bond acceptors (Lipinski definition) is 1. The van der Waals surface area contributed by atoms with E-state index in [-0.39, 0.29) is 6.61 Å². The highest BCUT2D eigenvalue weighted by molar-refractivity contribution is 8.02. The van der Waals surface area contributed by atoms with E-state index in [1.807, 2.05) is 0 Å². The molecule has 8 rings (SSSR count). The zero-order valence-electron chi connectivity index (χ0n) is 24.7. The van der Waals surface area contributed by atoms with Crippen molar-refractivity contribution in [3.63, 3.8) is 0 Å². The molecule has 0 fully saturated rings. The maximum atomic E-state index is 8.93. The second-order valence-corrected chi connectivity index (χ2v) is 14.2. The lowest BCUT2D eigenvalue weighted by Gasteiger charge is -2.31. The lowest BCUT2D eigenvalue weighted by molar-refractivity contribution is -0.361. The van der Waals surface area contributed by atoms with Gasteiger partial charge < -0.3 is 5.11 Å². The summed E-state index contributed by atoms with van der Waals surface area (Å²) in [5, 5.41) is 24.9. The molecule has 0 unspecified atom stereocenters. The largest absolute Gasteiger partial charge is 0.855 e. The Morgan fingerprint density at radius 3 is 0.795 bits per heavy atom. The molecule has 8 aromatic carbocycles. The molecule has 0 heterocycles. The Labute approximate surface area is 259 Å². The van der Waals surface area contributed by atoms with Crippen LogP contribution in [0.25, 0.3) is 43.1 Å². The highest BCUT2D eigenvalue weighted by atomic mass is 31.2. The van der Waals surface area contributed by atoms with Crippen LogP contribution in [0, 0.1) is 0 Å². The Morgan fingerprint density at radius 1 is 0.341 bits per heavy atom. The van der Waals surface area contributed by atoms with Crippen molar-refractivity contribution in [2.75, 3.05) is 6.61 Å². The summed E-state index contributed by atoms with van der Waals surface area (Å²) in [6, 6.07) is 63.3. The average Bonchev–Trinajstić information content (AvgIpc) is 3.09. The second kappa shape index (κ2) is 12.1. The van der Waals surface area contributed by atoms with Crippen molar-refractivity contribution in [2.45, 2.75) is 6.92 Å². The predicted molar refractivity (Wildman–Crippen MR) is 192 cm³/mol. The van der Waals surface area contributed by atoms with E-state index in [9.17, 15) is 0 Å². The molecule has 212 valence electrons. The van der Waals surface area contributed by atoms with E-state index in [0.717, 1.165) is 0 Å². The number of benzene rings is 8. The van der Waals surface area contributed by atoms with Gasteiger partial charge in [-0.25, -0.2) is 0 Å². The van der Waals surface area contributed by atoms with Gasteiger partial charge in [-0.1, -0.05) is 153 Å². The smallest absolute Gasteiger partial charge is 0.146 e. The predicted octanol–water partition coefficient (Wildman–Crippen LogP) is 8.29. The van der Waals surface area contributed by atoms with E-state index in [2.05, 4.69) is 170 Å². The van der Waals surface area contributed by atoms with Crippen LogP contribution in [0.2, 0.25) is 0 Å². The third-order valence-electron chi connectivity index (χ3n) is 8.51. The van der Waals surface area contributed by atoms with Crippen molar-refractivity contribution >= 4 is 71.6 Å². The highest BCUT2D eigenvalue weighted by Gasteiger charge is 2.51. The van der Waals surface area contributed by atoms with Gasteiger partial charge in [-0.05, 0) is 45.8 Å². The molecule has 0 aliphatic carbocycles. The van der Waals surface area contributed by atoms with Crippen LogP contribution < -0.4 is 26.3 Å². The monoisotopic (exact) mass is 584 g/mol. The van der Waals surface area contributed by atoms with Gasteiger partial charge in [-0.3, -0.25) is 0 Å². The van der Waals surface area contributed by atoms with E-state index in [1.54, 1.807) is 6.92 Å². The summed E-state index contributed by atoms with van der Waals surface area (Å²) in [6.45, 7) is 1.57. The Balaban J connectivity index is 0.00000100. The Hall–Kier alpha value is -4.81. The molecule has 8 aromatic rings. The van der Waals surface area contributed by atoms with Crippen molar-refractivity contribution in [2.24, 2.45) is 0 Å². The van der Waals surface area contributed by atoms with Crippen LogP contribution in [-0.4, -0.2) is 6.61 Å². The van der Waals surface area contributed by atoms with Gasteiger partial charge in [0.1, 0.15) is 28.5 Å². The standard InChI is InChI=1S/C40H28P.C2H5O/c1-5-21-33-29(13-1)17-9-25-37(33)41(38-26-10-18-30-14-2-6-22-34(30)38,39-27-11-19-31-15-3-7-23-35(31)39)40-28-12-20-32-16-4-8-24-36(32)40;1-2-3/h1-28H;2H2,1H3/q+1;-1. The summed E-state index contributed by atoms with van der Waals surface area (Å²) in [6.07, 6.45) is 0. The summed E-state index contributed by atoms with van der Waals surface area (Å²) in [4.78, 5) is 0. The fraction of sp³-hybridized carbons (Fsp3) is 0.0476. The minimum absolute atomic E-state index is 0. The van der Waals surface area contributed by atoms with E-state index < -0.39 is 7.26 Å². The maximum Gasteiger partial charge on any atom is 0.146 e. The third kappa shape index (κ3) is 4.57. The Morgan fingerprint density at radius 2 is 0.545 bits per heavy atom. The average molecular weight is 585 g/mol. The fourth-order valence-electron chi connectivity index (χ4n) is 6.78. The van der Waals surface area contributed by atoms with E-state index in [1.165, 1.54) is 64.3 Å². The first-order chi connectivity index (χ1) is 21.8. The Bertz CT molecular complexity index is 1910. The Kier molecular flexibility index (Phi) is 7.67. The minimum atomic E-state index is -2.49. The van der Waals surface area contributed by atoms with Crippen LogP contribution in [0.5, 0.6) is 0 Å². The molecule has 0 spiro atoms. The molecule has 0 radical (unpaired) electrons. The van der Waals surface area contributed by atoms with Gasteiger partial charge in [-0.2, -0.15) is 0 Å². The van der Waals surface area contributed by atoms with Gasteiger partial charge in [-0.15, -0.1) is 6.61 Å². The normalized spacial score (nSPS) is 11.5. The molecule has 2 heteroatoms. The number of rotatable bonds is 4. The zero-order chi connectivity index (χ0) is 29.9. The molecule has 0 bridgehead atoms.